The Labute approximate surface area is 150 Å². The van der Waals surface area contributed by atoms with Crippen LogP contribution in [0.4, 0.5) is 11.4 Å². The number of ether oxygens (including phenoxy) is 2. The number of anilines is 2. The van der Waals surface area contributed by atoms with Crippen molar-refractivity contribution in [2.75, 3.05) is 24.8 Å². The molecule has 0 aliphatic heterocycles. The molecule has 0 saturated heterocycles. The van der Waals surface area contributed by atoms with E-state index in [2.05, 4.69) is 21.2 Å². The first kappa shape index (κ1) is 18.1. The highest BCUT2D eigenvalue weighted by Gasteiger charge is 2.06. The number of hydrogen-bond donors (Lipinski definition) is 2. The van der Waals surface area contributed by atoms with Crippen molar-refractivity contribution < 1.29 is 14.3 Å². The van der Waals surface area contributed by atoms with E-state index in [1.54, 1.807) is 25.3 Å². The second-order valence-electron chi connectivity index (χ2n) is 5.26. The lowest BCUT2D eigenvalue weighted by Crippen LogP contribution is -2.13. The molecule has 2 rings (SSSR count). The molecule has 0 radical (unpaired) electrons. The summed E-state index contributed by atoms with van der Waals surface area (Å²) in [5, 5.41) is 2.81. The molecule has 0 aromatic heterocycles. The Bertz CT molecular complexity index is 674. The zero-order valence-electron chi connectivity index (χ0n) is 13.5. The van der Waals surface area contributed by atoms with E-state index in [1.165, 1.54) is 0 Å². The second kappa shape index (κ2) is 9.17. The number of unbranched alkanes of at least 4 members (excludes halogenated alkanes) is 1. The molecule has 5 nitrogen and oxygen atoms in total. The molecule has 0 unspecified atom stereocenters. The van der Waals surface area contributed by atoms with Crippen LogP contribution in [0.5, 0.6) is 11.5 Å². The molecular formula is C18H21BrN2O3. The lowest BCUT2D eigenvalue weighted by Gasteiger charge is -2.10. The van der Waals surface area contributed by atoms with E-state index in [0.29, 0.717) is 30.2 Å². The molecule has 0 aliphatic carbocycles. The van der Waals surface area contributed by atoms with Gasteiger partial charge in [0.15, 0.2) is 0 Å². The molecule has 24 heavy (non-hydrogen) atoms. The molecule has 6 heteroatoms. The molecular weight excluding hydrogens is 372 g/mol. The number of nitrogen functional groups attached to an aromatic ring is 1. The average molecular weight is 393 g/mol. The average Bonchev–Trinajstić information content (AvgIpc) is 2.58. The Balaban J connectivity index is 1.69. The Morgan fingerprint density at radius 1 is 1.12 bits per heavy atom. The molecule has 0 spiro atoms. The number of methoxy groups -OCH3 is 1. The fourth-order valence-corrected chi connectivity index (χ4v) is 2.36. The van der Waals surface area contributed by atoms with Crippen molar-refractivity contribution in [2.24, 2.45) is 0 Å². The number of carbonyl (C=O) groups is 1. The monoisotopic (exact) mass is 392 g/mol. The van der Waals surface area contributed by atoms with Gasteiger partial charge in [-0.3, -0.25) is 4.79 Å². The predicted molar refractivity (Wildman–Crippen MR) is 99.5 cm³/mol. The van der Waals surface area contributed by atoms with Crippen LogP contribution >= 0.6 is 15.9 Å². The summed E-state index contributed by atoms with van der Waals surface area (Å²) >= 11 is 3.38. The Kier molecular flexibility index (Phi) is 6.93. The third-order valence-electron chi connectivity index (χ3n) is 3.42. The number of benzene rings is 2. The SMILES string of the molecule is COc1ccc(N)c(NC(=O)CCCCOc2ccc(Br)cc2)c1. The van der Waals surface area contributed by atoms with Crippen LogP contribution in [0.25, 0.3) is 0 Å². The summed E-state index contributed by atoms with van der Waals surface area (Å²) < 4.78 is 11.8. The maximum absolute atomic E-state index is 12.0. The highest BCUT2D eigenvalue weighted by atomic mass is 79.9. The molecule has 2 aromatic rings. The Hall–Kier alpha value is -2.21. The minimum absolute atomic E-state index is 0.0707. The first-order chi connectivity index (χ1) is 11.6. The van der Waals surface area contributed by atoms with Gasteiger partial charge in [-0.15, -0.1) is 0 Å². The topological polar surface area (TPSA) is 73.6 Å². The highest BCUT2D eigenvalue weighted by molar-refractivity contribution is 9.10. The normalized spacial score (nSPS) is 10.2. The molecule has 1 amide bonds. The van der Waals surface area contributed by atoms with Gasteiger partial charge in [0.2, 0.25) is 5.91 Å². The third-order valence-corrected chi connectivity index (χ3v) is 3.94. The van der Waals surface area contributed by atoms with Crippen LogP contribution in [0.2, 0.25) is 0 Å². The third kappa shape index (κ3) is 5.77. The van der Waals surface area contributed by atoms with Crippen LogP contribution in [-0.2, 0) is 4.79 Å². The molecule has 0 saturated carbocycles. The summed E-state index contributed by atoms with van der Waals surface area (Å²) in [6, 6.07) is 12.8. The number of carbonyl (C=O) groups excluding carboxylic acids is 1. The molecule has 2 aromatic carbocycles. The van der Waals surface area contributed by atoms with Crippen molar-refractivity contribution in [1.82, 2.24) is 0 Å². The van der Waals surface area contributed by atoms with E-state index < -0.39 is 0 Å². The number of rotatable bonds is 8. The zero-order chi connectivity index (χ0) is 17.4. The van der Waals surface area contributed by atoms with E-state index in [0.717, 1.165) is 23.1 Å². The molecule has 0 atom stereocenters. The van der Waals surface area contributed by atoms with Gasteiger partial charge in [-0.25, -0.2) is 0 Å². The van der Waals surface area contributed by atoms with Crippen LogP contribution < -0.4 is 20.5 Å². The van der Waals surface area contributed by atoms with Crippen LogP contribution in [0, 0.1) is 0 Å². The number of nitrogens with one attached hydrogen (secondary N) is 1. The van der Waals surface area contributed by atoms with Crippen molar-refractivity contribution >= 4 is 33.2 Å². The van der Waals surface area contributed by atoms with E-state index >= 15 is 0 Å². The van der Waals surface area contributed by atoms with Crippen LogP contribution in [0.3, 0.4) is 0 Å². The lowest BCUT2D eigenvalue weighted by atomic mass is 10.2. The van der Waals surface area contributed by atoms with Gasteiger partial charge < -0.3 is 20.5 Å². The fraction of sp³-hybridized carbons (Fsp3) is 0.278. The second-order valence-corrected chi connectivity index (χ2v) is 6.18. The largest absolute Gasteiger partial charge is 0.497 e. The molecule has 0 fully saturated rings. The number of nitrogens with two attached hydrogens (primary N) is 1. The summed E-state index contributed by atoms with van der Waals surface area (Å²) in [5.74, 6) is 1.41. The molecule has 0 bridgehead atoms. The van der Waals surface area contributed by atoms with E-state index in [9.17, 15) is 4.79 Å². The van der Waals surface area contributed by atoms with Gasteiger partial charge in [0.25, 0.3) is 0 Å². The standard InChI is InChI=1S/C18H21BrN2O3/c1-23-15-9-10-16(20)17(12-15)21-18(22)4-2-3-11-24-14-7-5-13(19)6-8-14/h5-10,12H,2-4,11,20H2,1H3,(H,21,22). The van der Waals surface area contributed by atoms with Gasteiger partial charge in [0, 0.05) is 17.0 Å². The van der Waals surface area contributed by atoms with Crippen molar-refractivity contribution in [3.8, 4) is 11.5 Å². The summed E-state index contributed by atoms with van der Waals surface area (Å²) in [7, 11) is 1.57. The number of hydrogen-bond acceptors (Lipinski definition) is 4. The number of amides is 1. The van der Waals surface area contributed by atoms with Gasteiger partial charge in [-0.05, 0) is 49.2 Å². The lowest BCUT2D eigenvalue weighted by molar-refractivity contribution is -0.116. The summed E-state index contributed by atoms with van der Waals surface area (Å²) in [6.45, 7) is 0.580. The minimum atomic E-state index is -0.0707. The van der Waals surface area contributed by atoms with Crippen molar-refractivity contribution in [3.05, 3.63) is 46.9 Å². The first-order valence-corrected chi connectivity index (χ1v) is 8.49. The van der Waals surface area contributed by atoms with Gasteiger partial charge in [-0.1, -0.05) is 15.9 Å². The Morgan fingerprint density at radius 2 is 1.83 bits per heavy atom. The quantitative estimate of drug-likeness (QED) is 0.520. The fourth-order valence-electron chi connectivity index (χ4n) is 2.09. The summed E-state index contributed by atoms with van der Waals surface area (Å²) in [4.78, 5) is 12.0. The van der Waals surface area contributed by atoms with E-state index in [-0.39, 0.29) is 5.91 Å². The van der Waals surface area contributed by atoms with Crippen molar-refractivity contribution in [3.63, 3.8) is 0 Å². The van der Waals surface area contributed by atoms with Crippen molar-refractivity contribution in [1.29, 1.82) is 0 Å². The highest BCUT2D eigenvalue weighted by Crippen LogP contribution is 2.24. The zero-order valence-corrected chi connectivity index (χ0v) is 15.1. The summed E-state index contributed by atoms with van der Waals surface area (Å²) in [6.07, 6.45) is 1.96. The molecule has 0 aliphatic rings. The van der Waals surface area contributed by atoms with Crippen molar-refractivity contribution in [2.45, 2.75) is 19.3 Å². The molecule has 128 valence electrons. The number of halogens is 1. The maximum atomic E-state index is 12.0. The van der Waals surface area contributed by atoms with Gasteiger partial charge in [0.1, 0.15) is 11.5 Å². The van der Waals surface area contributed by atoms with Crippen LogP contribution in [0.15, 0.2) is 46.9 Å². The molecule has 3 N–H and O–H groups in total. The predicted octanol–water partition coefficient (Wildman–Crippen LogP) is 4.23. The first-order valence-electron chi connectivity index (χ1n) is 7.70. The van der Waals surface area contributed by atoms with E-state index in [4.69, 9.17) is 15.2 Å². The van der Waals surface area contributed by atoms with Crippen LogP contribution in [0.1, 0.15) is 19.3 Å². The summed E-state index contributed by atoms with van der Waals surface area (Å²) in [5.41, 5.74) is 6.94. The van der Waals surface area contributed by atoms with Gasteiger partial charge >= 0.3 is 0 Å². The van der Waals surface area contributed by atoms with Gasteiger partial charge in [0.05, 0.1) is 25.1 Å². The molecule has 0 heterocycles. The van der Waals surface area contributed by atoms with Crippen LogP contribution in [-0.4, -0.2) is 19.6 Å². The smallest absolute Gasteiger partial charge is 0.224 e. The minimum Gasteiger partial charge on any atom is -0.497 e. The maximum Gasteiger partial charge on any atom is 0.224 e. The van der Waals surface area contributed by atoms with Gasteiger partial charge in [-0.2, -0.15) is 0 Å². The Morgan fingerprint density at radius 3 is 2.54 bits per heavy atom. The van der Waals surface area contributed by atoms with E-state index in [1.807, 2.05) is 24.3 Å².